The first-order valence-corrected chi connectivity index (χ1v) is 7.56. The molecule has 1 unspecified atom stereocenters. The quantitative estimate of drug-likeness (QED) is 0.793. The molecule has 0 aromatic carbocycles. The number of carbonyl (C=O) groups excluding carboxylic acids is 2. The van der Waals surface area contributed by atoms with Crippen LogP contribution in [0.1, 0.15) is 48.2 Å². The topological polar surface area (TPSA) is 66.4 Å². The highest BCUT2D eigenvalue weighted by Crippen LogP contribution is 2.19. The maximum absolute atomic E-state index is 11.8. The second-order valence-corrected chi connectivity index (χ2v) is 7.31. The van der Waals surface area contributed by atoms with Gasteiger partial charge >= 0.3 is 0 Å². The molecule has 2 N–H and O–H groups in total. The summed E-state index contributed by atoms with van der Waals surface area (Å²) in [5, 5.41) is 12.5. The summed E-state index contributed by atoms with van der Waals surface area (Å²) < 4.78 is 0. The van der Waals surface area contributed by atoms with Gasteiger partial charge in [0, 0.05) is 24.3 Å². The van der Waals surface area contributed by atoms with E-state index in [0.29, 0.717) is 4.88 Å². The Morgan fingerprint density at radius 3 is 2.45 bits per heavy atom. The van der Waals surface area contributed by atoms with Crippen LogP contribution in [0.4, 0.5) is 0 Å². The van der Waals surface area contributed by atoms with Crippen molar-refractivity contribution in [1.29, 1.82) is 0 Å². The molecule has 112 valence electrons. The van der Waals surface area contributed by atoms with Crippen molar-refractivity contribution in [2.75, 3.05) is 6.54 Å². The summed E-state index contributed by atoms with van der Waals surface area (Å²) >= 11 is 1.45. The first kappa shape index (κ1) is 16.9. The number of amides is 1. The summed E-state index contributed by atoms with van der Waals surface area (Å²) in [6.45, 7) is 7.89. The Morgan fingerprint density at radius 1 is 1.30 bits per heavy atom. The van der Waals surface area contributed by atoms with Crippen LogP contribution >= 0.6 is 11.3 Å². The van der Waals surface area contributed by atoms with E-state index >= 15 is 0 Å². The van der Waals surface area contributed by atoms with Gasteiger partial charge in [-0.1, -0.05) is 20.8 Å². The van der Waals surface area contributed by atoms with Crippen molar-refractivity contribution in [3.63, 3.8) is 0 Å². The third kappa shape index (κ3) is 5.43. The largest absolute Gasteiger partial charge is 0.391 e. The molecular weight excluding hydrogens is 274 g/mol. The molecule has 0 aliphatic rings. The molecule has 1 aromatic rings. The molecule has 1 amide bonds. The van der Waals surface area contributed by atoms with E-state index in [1.165, 1.54) is 11.3 Å². The zero-order chi connectivity index (χ0) is 15.3. The van der Waals surface area contributed by atoms with E-state index in [4.69, 9.17) is 0 Å². The molecule has 0 saturated carbocycles. The van der Waals surface area contributed by atoms with E-state index in [-0.39, 0.29) is 36.5 Å². The Labute approximate surface area is 124 Å². The Balaban J connectivity index is 2.32. The van der Waals surface area contributed by atoms with Gasteiger partial charge in [0.1, 0.15) is 0 Å². The first-order valence-electron chi connectivity index (χ1n) is 6.74. The molecule has 0 bridgehead atoms. The van der Waals surface area contributed by atoms with Crippen LogP contribution in [0.2, 0.25) is 0 Å². The van der Waals surface area contributed by atoms with Gasteiger partial charge in [-0.25, -0.2) is 0 Å². The number of ketones is 1. The normalized spacial score (nSPS) is 13.1. The van der Waals surface area contributed by atoms with Gasteiger partial charge in [-0.05, 0) is 24.5 Å². The van der Waals surface area contributed by atoms with E-state index in [1.807, 2.05) is 33.8 Å². The Morgan fingerprint density at radius 2 is 1.95 bits per heavy atom. The van der Waals surface area contributed by atoms with Crippen molar-refractivity contribution in [1.82, 2.24) is 5.32 Å². The Hall–Kier alpha value is -1.20. The maximum Gasteiger partial charge on any atom is 0.220 e. The lowest BCUT2D eigenvalue weighted by molar-refractivity contribution is -0.121. The SMILES string of the molecule is Cc1ccc(C(=O)CCC(=O)NCC(O)C(C)(C)C)s1. The molecule has 1 aromatic heterocycles. The molecule has 0 fully saturated rings. The van der Waals surface area contributed by atoms with Crippen LogP contribution in [0.3, 0.4) is 0 Å². The summed E-state index contributed by atoms with van der Waals surface area (Å²) in [5.74, 6) is -0.204. The average Bonchev–Trinajstić information content (AvgIpc) is 2.78. The molecule has 0 aliphatic carbocycles. The number of hydrogen-bond acceptors (Lipinski definition) is 4. The predicted octanol–water partition coefficient (Wildman–Crippen LogP) is 2.54. The minimum Gasteiger partial charge on any atom is -0.391 e. The van der Waals surface area contributed by atoms with Crippen LogP contribution in [0.15, 0.2) is 12.1 Å². The maximum atomic E-state index is 11.8. The number of nitrogens with one attached hydrogen (secondary N) is 1. The third-order valence-electron chi connectivity index (χ3n) is 3.09. The summed E-state index contributed by atoms with van der Waals surface area (Å²) in [4.78, 5) is 25.3. The van der Waals surface area contributed by atoms with Crippen LogP contribution in [0.25, 0.3) is 0 Å². The summed E-state index contributed by atoms with van der Waals surface area (Å²) in [7, 11) is 0. The Bertz CT molecular complexity index is 474. The summed E-state index contributed by atoms with van der Waals surface area (Å²) in [5.41, 5.74) is -0.266. The number of hydrogen-bond donors (Lipinski definition) is 2. The van der Waals surface area contributed by atoms with E-state index in [1.54, 1.807) is 6.07 Å². The summed E-state index contributed by atoms with van der Waals surface area (Å²) in [6.07, 6.45) is -0.230. The fourth-order valence-electron chi connectivity index (χ4n) is 1.54. The Kier molecular flexibility index (Phi) is 5.89. The minimum absolute atomic E-state index is 0.00498. The molecule has 1 rings (SSSR count). The van der Waals surface area contributed by atoms with Gasteiger partial charge in [-0.15, -0.1) is 11.3 Å². The van der Waals surface area contributed by atoms with E-state index in [2.05, 4.69) is 5.32 Å². The fraction of sp³-hybridized carbons (Fsp3) is 0.600. The number of Topliss-reactive ketones (excluding diaryl/α,β-unsaturated/α-hetero) is 1. The number of aliphatic hydroxyl groups excluding tert-OH is 1. The highest BCUT2D eigenvalue weighted by molar-refractivity contribution is 7.14. The lowest BCUT2D eigenvalue weighted by Crippen LogP contribution is -2.39. The smallest absolute Gasteiger partial charge is 0.220 e. The van der Waals surface area contributed by atoms with Gasteiger partial charge < -0.3 is 10.4 Å². The lowest BCUT2D eigenvalue weighted by Gasteiger charge is -2.25. The predicted molar refractivity (Wildman–Crippen MR) is 81.1 cm³/mol. The number of aryl methyl sites for hydroxylation is 1. The van der Waals surface area contributed by atoms with Gasteiger partial charge in [-0.2, -0.15) is 0 Å². The highest BCUT2D eigenvalue weighted by Gasteiger charge is 2.22. The second kappa shape index (κ2) is 6.99. The average molecular weight is 297 g/mol. The number of carbonyl (C=O) groups is 2. The molecule has 5 heteroatoms. The number of aliphatic hydroxyl groups is 1. The van der Waals surface area contributed by atoms with E-state index in [9.17, 15) is 14.7 Å². The highest BCUT2D eigenvalue weighted by atomic mass is 32.1. The molecular formula is C15H23NO3S. The standard InChI is InChI=1S/C15H23NO3S/c1-10-5-7-12(20-10)11(17)6-8-14(19)16-9-13(18)15(2,3)4/h5,7,13,18H,6,8-9H2,1-4H3,(H,16,19). The third-order valence-corrected chi connectivity index (χ3v) is 4.13. The van der Waals surface area contributed by atoms with Crippen molar-refractivity contribution in [2.24, 2.45) is 5.41 Å². The van der Waals surface area contributed by atoms with Crippen LogP contribution in [0.5, 0.6) is 0 Å². The van der Waals surface area contributed by atoms with Gasteiger partial charge in [0.25, 0.3) is 0 Å². The van der Waals surface area contributed by atoms with Gasteiger partial charge in [0.15, 0.2) is 5.78 Å². The van der Waals surface area contributed by atoms with Crippen LogP contribution in [0, 0.1) is 12.3 Å². The first-order chi connectivity index (χ1) is 9.20. The molecule has 0 saturated heterocycles. The van der Waals surface area contributed by atoms with Crippen molar-refractivity contribution < 1.29 is 14.7 Å². The second-order valence-electron chi connectivity index (χ2n) is 6.02. The molecule has 20 heavy (non-hydrogen) atoms. The monoisotopic (exact) mass is 297 g/mol. The van der Waals surface area contributed by atoms with Gasteiger partial charge in [-0.3, -0.25) is 9.59 Å². The number of rotatable bonds is 6. The molecule has 0 radical (unpaired) electrons. The van der Waals surface area contributed by atoms with Gasteiger partial charge in [0.2, 0.25) is 5.91 Å². The molecule has 1 heterocycles. The van der Waals surface area contributed by atoms with Crippen molar-refractivity contribution in [3.05, 3.63) is 21.9 Å². The van der Waals surface area contributed by atoms with E-state index in [0.717, 1.165) is 4.88 Å². The zero-order valence-corrected chi connectivity index (χ0v) is 13.3. The number of thiophene rings is 1. The minimum atomic E-state index is -0.595. The van der Waals surface area contributed by atoms with E-state index < -0.39 is 6.10 Å². The molecule has 0 spiro atoms. The molecule has 1 atom stereocenters. The van der Waals surface area contributed by atoms with Crippen molar-refractivity contribution in [3.8, 4) is 0 Å². The van der Waals surface area contributed by atoms with Crippen molar-refractivity contribution >= 4 is 23.0 Å². The fourth-order valence-corrected chi connectivity index (χ4v) is 2.37. The molecule has 0 aliphatic heterocycles. The molecule has 4 nitrogen and oxygen atoms in total. The van der Waals surface area contributed by atoms with Gasteiger partial charge in [0.05, 0.1) is 11.0 Å². The van der Waals surface area contributed by atoms with Crippen LogP contribution < -0.4 is 5.32 Å². The lowest BCUT2D eigenvalue weighted by atomic mass is 9.89. The van der Waals surface area contributed by atoms with Crippen LogP contribution in [-0.2, 0) is 4.79 Å². The zero-order valence-electron chi connectivity index (χ0n) is 12.5. The summed E-state index contributed by atoms with van der Waals surface area (Å²) in [6, 6.07) is 3.70. The van der Waals surface area contributed by atoms with Crippen LogP contribution in [-0.4, -0.2) is 29.4 Å². The van der Waals surface area contributed by atoms with Crippen molar-refractivity contribution in [2.45, 2.75) is 46.6 Å².